The van der Waals surface area contributed by atoms with E-state index in [4.69, 9.17) is 0 Å². The van der Waals surface area contributed by atoms with Gasteiger partial charge in [0.1, 0.15) is 6.54 Å². The zero-order valence-corrected chi connectivity index (χ0v) is 15.9. The molecule has 1 aromatic carbocycles. The van der Waals surface area contributed by atoms with E-state index in [1.54, 1.807) is 0 Å². The van der Waals surface area contributed by atoms with Crippen molar-refractivity contribution >= 4 is 5.91 Å². The number of hydrogen-bond donors (Lipinski definition) is 1. The second-order valence-electron chi connectivity index (χ2n) is 7.58. The van der Waals surface area contributed by atoms with Crippen molar-refractivity contribution in [3.8, 4) is 0 Å². The van der Waals surface area contributed by atoms with Crippen molar-refractivity contribution in [1.82, 2.24) is 14.5 Å². The van der Waals surface area contributed by atoms with Crippen molar-refractivity contribution in [2.45, 2.75) is 52.2 Å². The molecule has 1 N–H and O–H groups in total. The fourth-order valence-corrected chi connectivity index (χ4v) is 3.78. The average Bonchev–Trinajstić information content (AvgIpc) is 2.66. The highest BCUT2D eigenvalue weighted by molar-refractivity contribution is 5.76. The molecule has 6 nitrogen and oxygen atoms in total. The largest absolute Gasteiger partial charge is 0.352 e. The standard InChI is InChI=1S/C21H27N3O3/c1-15-7-6-10-18(16(15)2)22-19(25)14-24-20(26)11-12-23(21(24)27)13-17-8-4-3-5-9-17/h3-5,8-9,11-12,15-16,18H,6-7,10,13-14H2,1-2H3,(H,22,25)/t15-,16-,18-/m1/s1. The van der Waals surface area contributed by atoms with Gasteiger partial charge in [0.2, 0.25) is 5.91 Å². The number of aromatic nitrogens is 2. The molecule has 1 saturated carbocycles. The van der Waals surface area contributed by atoms with Crippen LogP contribution in [0.4, 0.5) is 0 Å². The molecule has 1 aliphatic carbocycles. The van der Waals surface area contributed by atoms with Gasteiger partial charge in [-0.3, -0.25) is 18.7 Å². The van der Waals surface area contributed by atoms with Gasteiger partial charge in [0.15, 0.2) is 0 Å². The van der Waals surface area contributed by atoms with Gasteiger partial charge in [0.05, 0.1) is 6.54 Å². The fourth-order valence-electron chi connectivity index (χ4n) is 3.78. The van der Waals surface area contributed by atoms with Crippen molar-refractivity contribution in [1.29, 1.82) is 0 Å². The van der Waals surface area contributed by atoms with E-state index >= 15 is 0 Å². The van der Waals surface area contributed by atoms with E-state index in [0.717, 1.165) is 23.0 Å². The van der Waals surface area contributed by atoms with Crippen LogP contribution in [0.3, 0.4) is 0 Å². The lowest BCUT2D eigenvalue weighted by Crippen LogP contribution is -2.48. The number of carbonyl (C=O) groups is 1. The summed E-state index contributed by atoms with van der Waals surface area (Å²) in [4.78, 5) is 37.3. The first kappa shape index (κ1) is 19.1. The third-order valence-corrected chi connectivity index (χ3v) is 5.69. The second kappa shape index (κ2) is 8.37. The lowest BCUT2D eigenvalue weighted by Gasteiger charge is -2.34. The maximum atomic E-state index is 12.7. The Morgan fingerprint density at radius 3 is 2.59 bits per heavy atom. The van der Waals surface area contributed by atoms with Gasteiger partial charge in [-0.2, -0.15) is 0 Å². The summed E-state index contributed by atoms with van der Waals surface area (Å²) in [5, 5.41) is 3.02. The summed E-state index contributed by atoms with van der Waals surface area (Å²) in [5.74, 6) is 0.675. The third-order valence-electron chi connectivity index (χ3n) is 5.69. The number of nitrogens with zero attached hydrogens (tertiary/aromatic N) is 2. The van der Waals surface area contributed by atoms with Crippen LogP contribution in [0.2, 0.25) is 0 Å². The molecule has 0 aliphatic heterocycles. The highest BCUT2D eigenvalue weighted by Gasteiger charge is 2.28. The Bertz CT molecular complexity index is 901. The van der Waals surface area contributed by atoms with E-state index in [1.807, 2.05) is 30.3 Å². The van der Waals surface area contributed by atoms with Gasteiger partial charge in [0.25, 0.3) is 5.56 Å². The summed E-state index contributed by atoms with van der Waals surface area (Å²) in [6.45, 7) is 4.47. The van der Waals surface area contributed by atoms with Crippen LogP contribution < -0.4 is 16.6 Å². The molecule has 1 amide bonds. The van der Waals surface area contributed by atoms with Crippen LogP contribution in [-0.4, -0.2) is 21.1 Å². The zero-order valence-electron chi connectivity index (χ0n) is 15.9. The molecule has 3 rings (SSSR count). The normalized spacial score (nSPS) is 22.4. The molecule has 1 aliphatic rings. The van der Waals surface area contributed by atoms with Gasteiger partial charge in [-0.25, -0.2) is 4.79 Å². The van der Waals surface area contributed by atoms with Crippen LogP contribution in [0.5, 0.6) is 0 Å². The topological polar surface area (TPSA) is 73.1 Å². The summed E-state index contributed by atoms with van der Waals surface area (Å²) in [6.07, 6.45) is 4.69. The van der Waals surface area contributed by atoms with Crippen LogP contribution in [-0.2, 0) is 17.9 Å². The fraction of sp³-hybridized carbons (Fsp3) is 0.476. The minimum atomic E-state index is -0.466. The Morgan fingerprint density at radius 1 is 1.11 bits per heavy atom. The molecule has 1 fully saturated rings. The van der Waals surface area contributed by atoms with Crippen LogP contribution in [0.25, 0.3) is 0 Å². The maximum absolute atomic E-state index is 12.7. The molecule has 144 valence electrons. The molecule has 6 heteroatoms. The Kier molecular flexibility index (Phi) is 5.94. The van der Waals surface area contributed by atoms with E-state index in [0.29, 0.717) is 18.4 Å². The van der Waals surface area contributed by atoms with Crippen LogP contribution in [0.1, 0.15) is 38.7 Å². The quantitative estimate of drug-likeness (QED) is 0.876. The van der Waals surface area contributed by atoms with Gasteiger partial charge in [-0.1, -0.05) is 57.0 Å². The average molecular weight is 369 g/mol. The predicted molar refractivity (Wildman–Crippen MR) is 105 cm³/mol. The van der Waals surface area contributed by atoms with Gasteiger partial charge < -0.3 is 5.32 Å². The lowest BCUT2D eigenvalue weighted by molar-refractivity contribution is -0.123. The maximum Gasteiger partial charge on any atom is 0.331 e. The lowest BCUT2D eigenvalue weighted by atomic mass is 9.78. The number of amides is 1. The molecule has 1 heterocycles. The first-order valence-electron chi connectivity index (χ1n) is 9.59. The highest BCUT2D eigenvalue weighted by atomic mass is 16.2. The van der Waals surface area contributed by atoms with Crippen LogP contribution in [0.15, 0.2) is 52.2 Å². The molecule has 0 unspecified atom stereocenters. The van der Waals surface area contributed by atoms with Gasteiger partial charge in [-0.05, 0) is 23.8 Å². The smallest absolute Gasteiger partial charge is 0.331 e. The second-order valence-corrected chi connectivity index (χ2v) is 7.58. The zero-order chi connectivity index (χ0) is 19.4. The molecule has 0 bridgehead atoms. The van der Waals surface area contributed by atoms with Gasteiger partial charge in [-0.15, -0.1) is 0 Å². The van der Waals surface area contributed by atoms with E-state index in [-0.39, 0.29) is 18.5 Å². The summed E-state index contributed by atoms with van der Waals surface area (Å²) >= 11 is 0. The molecule has 2 aromatic rings. The molecule has 27 heavy (non-hydrogen) atoms. The number of benzene rings is 1. The molecular weight excluding hydrogens is 342 g/mol. The minimum absolute atomic E-state index is 0.104. The number of rotatable bonds is 5. The molecule has 3 atom stereocenters. The molecule has 0 radical (unpaired) electrons. The Labute approximate surface area is 158 Å². The molecular formula is C21H27N3O3. The van der Waals surface area contributed by atoms with Crippen molar-refractivity contribution in [2.75, 3.05) is 0 Å². The van der Waals surface area contributed by atoms with E-state index in [2.05, 4.69) is 19.2 Å². The van der Waals surface area contributed by atoms with Crippen molar-refractivity contribution in [3.05, 3.63) is 69.0 Å². The SMILES string of the molecule is C[C@@H]1[C@H](C)CCC[C@H]1NC(=O)Cn1c(=O)ccn(Cc2ccccc2)c1=O. The first-order valence-corrected chi connectivity index (χ1v) is 9.59. The summed E-state index contributed by atoms with van der Waals surface area (Å²) in [7, 11) is 0. The third kappa shape index (κ3) is 4.56. The number of hydrogen-bond acceptors (Lipinski definition) is 3. The molecule has 0 spiro atoms. The predicted octanol–water partition coefficient (Wildman–Crippen LogP) is 2.00. The Morgan fingerprint density at radius 2 is 1.85 bits per heavy atom. The monoisotopic (exact) mass is 369 g/mol. The van der Waals surface area contributed by atoms with Gasteiger partial charge in [0, 0.05) is 18.3 Å². The molecule has 0 saturated heterocycles. The first-order chi connectivity index (χ1) is 13.0. The summed E-state index contributed by atoms with van der Waals surface area (Å²) in [6, 6.07) is 11.0. The van der Waals surface area contributed by atoms with Crippen LogP contribution >= 0.6 is 0 Å². The summed E-state index contributed by atoms with van der Waals surface area (Å²) in [5.41, 5.74) is 0.0374. The number of nitrogens with one attached hydrogen (secondary N) is 1. The van der Waals surface area contributed by atoms with Gasteiger partial charge >= 0.3 is 5.69 Å². The van der Waals surface area contributed by atoms with Crippen molar-refractivity contribution < 1.29 is 4.79 Å². The van der Waals surface area contributed by atoms with E-state index in [1.165, 1.54) is 23.3 Å². The number of carbonyl (C=O) groups excluding carboxylic acids is 1. The Hall–Kier alpha value is -2.63. The Balaban J connectivity index is 1.74. The highest BCUT2D eigenvalue weighted by Crippen LogP contribution is 2.29. The summed E-state index contributed by atoms with van der Waals surface area (Å²) < 4.78 is 2.46. The van der Waals surface area contributed by atoms with E-state index < -0.39 is 11.2 Å². The van der Waals surface area contributed by atoms with E-state index in [9.17, 15) is 14.4 Å². The van der Waals surface area contributed by atoms with Crippen molar-refractivity contribution in [3.63, 3.8) is 0 Å². The minimum Gasteiger partial charge on any atom is -0.352 e. The van der Waals surface area contributed by atoms with Crippen LogP contribution in [0, 0.1) is 11.8 Å². The van der Waals surface area contributed by atoms with Crippen molar-refractivity contribution in [2.24, 2.45) is 11.8 Å². The molecule has 1 aromatic heterocycles.